The largest absolute Gasteiger partial charge is 0.477 e. The van der Waals surface area contributed by atoms with Crippen LogP contribution in [0.5, 0.6) is 5.88 Å². The Bertz CT molecular complexity index is 565. The molecule has 0 radical (unpaired) electrons. The molecule has 0 bridgehead atoms. The first kappa shape index (κ1) is 16.3. The summed E-state index contributed by atoms with van der Waals surface area (Å²) in [4.78, 5) is 9.05. The summed E-state index contributed by atoms with van der Waals surface area (Å²) < 4.78 is 11.1. The van der Waals surface area contributed by atoms with Gasteiger partial charge in [0.25, 0.3) is 0 Å². The molecule has 1 N–H and O–H groups in total. The molecule has 0 aliphatic rings. The quantitative estimate of drug-likeness (QED) is 0.801. The highest BCUT2D eigenvalue weighted by atomic mass is 16.5. The van der Waals surface area contributed by atoms with Crippen molar-refractivity contribution >= 4 is 5.82 Å². The molecule has 0 spiro atoms. The molecule has 0 aromatic carbocycles. The Morgan fingerprint density at radius 3 is 2.64 bits per heavy atom. The Balaban J connectivity index is 2.09. The number of nitrogens with zero attached hydrogens (tertiary/aromatic N) is 2. The third kappa shape index (κ3) is 5.39. The maximum Gasteiger partial charge on any atom is 0.218 e. The Morgan fingerprint density at radius 2 is 2.00 bits per heavy atom. The lowest BCUT2D eigenvalue weighted by Gasteiger charge is -2.12. The summed E-state index contributed by atoms with van der Waals surface area (Å²) in [6, 6.07) is 5.65. The van der Waals surface area contributed by atoms with Crippen molar-refractivity contribution in [3.63, 3.8) is 0 Å². The number of rotatable bonds is 8. The van der Waals surface area contributed by atoms with E-state index in [1.165, 1.54) is 0 Å². The minimum absolute atomic E-state index is 0.461. The highest BCUT2D eigenvalue weighted by molar-refractivity contribution is 5.38. The predicted octanol–water partition coefficient (Wildman–Crippen LogP) is 3.92. The third-order valence-electron chi connectivity index (χ3n) is 2.93. The van der Waals surface area contributed by atoms with E-state index in [0.29, 0.717) is 30.9 Å². The molecule has 0 saturated heterocycles. The number of hydrogen-bond donors (Lipinski definition) is 1. The van der Waals surface area contributed by atoms with Gasteiger partial charge in [0.1, 0.15) is 17.4 Å². The number of furan rings is 1. The number of aromatic nitrogens is 2. The molecule has 120 valence electrons. The Labute approximate surface area is 132 Å². The van der Waals surface area contributed by atoms with Crippen molar-refractivity contribution in [3.8, 4) is 5.88 Å². The number of nitrogens with one attached hydrogen (secondary N) is 1. The lowest BCUT2D eigenvalue weighted by molar-refractivity contribution is 0.260. The van der Waals surface area contributed by atoms with Crippen LogP contribution >= 0.6 is 0 Å². The summed E-state index contributed by atoms with van der Waals surface area (Å²) in [5, 5.41) is 3.26. The predicted molar refractivity (Wildman–Crippen MR) is 86.9 cm³/mol. The molecule has 0 atom stereocenters. The van der Waals surface area contributed by atoms with Gasteiger partial charge >= 0.3 is 0 Å². The molecule has 5 heteroatoms. The van der Waals surface area contributed by atoms with Gasteiger partial charge in [-0.05, 0) is 24.0 Å². The molecule has 0 aliphatic heterocycles. The fraction of sp³-hybridized carbons (Fsp3) is 0.529. The van der Waals surface area contributed by atoms with Gasteiger partial charge in [0.2, 0.25) is 5.88 Å². The van der Waals surface area contributed by atoms with Gasteiger partial charge < -0.3 is 14.5 Å². The van der Waals surface area contributed by atoms with E-state index in [-0.39, 0.29) is 0 Å². The van der Waals surface area contributed by atoms with E-state index in [9.17, 15) is 0 Å². The summed E-state index contributed by atoms with van der Waals surface area (Å²) >= 11 is 0. The fourth-order valence-corrected chi connectivity index (χ4v) is 1.94. The zero-order valence-corrected chi connectivity index (χ0v) is 13.8. The molecular weight excluding hydrogens is 278 g/mol. The van der Waals surface area contributed by atoms with Crippen LogP contribution in [-0.2, 0) is 13.0 Å². The van der Waals surface area contributed by atoms with Crippen molar-refractivity contribution in [3.05, 3.63) is 36.0 Å². The third-order valence-corrected chi connectivity index (χ3v) is 2.93. The molecule has 0 saturated carbocycles. The average molecular weight is 303 g/mol. The number of hydrogen-bond acceptors (Lipinski definition) is 5. The first-order chi connectivity index (χ1) is 10.5. The molecule has 2 rings (SSSR count). The van der Waals surface area contributed by atoms with Crippen LogP contribution in [0.25, 0.3) is 0 Å². The van der Waals surface area contributed by atoms with Crippen molar-refractivity contribution in [2.45, 2.75) is 40.7 Å². The van der Waals surface area contributed by atoms with Gasteiger partial charge in [-0.25, -0.2) is 4.98 Å². The maximum absolute atomic E-state index is 5.75. The van der Waals surface area contributed by atoms with E-state index in [1.807, 2.05) is 18.2 Å². The standard InChI is InChI=1S/C17H25N3O2/c1-12(2)8-16-19-15(18-10-14-6-5-7-21-14)9-17(20-16)22-11-13(3)4/h5-7,9,12-13H,8,10-11H2,1-4H3,(H,18,19,20). The highest BCUT2D eigenvalue weighted by Crippen LogP contribution is 2.17. The van der Waals surface area contributed by atoms with Gasteiger partial charge in [-0.1, -0.05) is 27.7 Å². The van der Waals surface area contributed by atoms with E-state index < -0.39 is 0 Å². The SMILES string of the molecule is CC(C)COc1cc(NCc2ccco2)nc(CC(C)C)n1. The van der Waals surface area contributed by atoms with E-state index >= 15 is 0 Å². The van der Waals surface area contributed by atoms with Crippen molar-refractivity contribution < 1.29 is 9.15 Å². The zero-order chi connectivity index (χ0) is 15.9. The van der Waals surface area contributed by atoms with Gasteiger partial charge in [0.15, 0.2) is 0 Å². The smallest absolute Gasteiger partial charge is 0.218 e. The van der Waals surface area contributed by atoms with Crippen LogP contribution in [0, 0.1) is 11.8 Å². The van der Waals surface area contributed by atoms with E-state index in [4.69, 9.17) is 9.15 Å². The number of ether oxygens (including phenoxy) is 1. The molecule has 2 aromatic heterocycles. The first-order valence-electron chi connectivity index (χ1n) is 7.80. The molecule has 0 aliphatic carbocycles. The summed E-state index contributed by atoms with van der Waals surface area (Å²) in [6.07, 6.45) is 2.49. The number of anilines is 1. The second kappa shape index (κ2) is 7.82. The lowest BCUT2D eigenvalue weighted by atomic mass is 10.1. The minimum Gasteiger partial charge on any atom is -0.477 e. The monoisotopic (exact) mass is 303 g/mol. The summed E-state index contributed by atoms with van der Waals surface area (Å²) in [5.41, 5.74) is 0. The topological polar surface area (TPSA) is 60.2 Å². The second-order valence-electron chi connectivity index (χ2n) is 6.24. The van der Waals surface area contributed by atoms with Crippen molar-refractivity contribution in [1.29, 1.82) is 0 Å². The van der Waals surface area contributed by atoms with Crippen LogP contribution in [-0.4, -0.2) is 16.6 Å². The van der Waals surface area contributed by atoms with Crippen LogP contribution in [0.1, 0.15) is 39.3 Å². The van der Waals surface area contributed by atoms with Crippen LogP contribution < -0.4 is 10.1 Å². The van der Waals surface area contributed by atoms with E-state index in [2.05, 4.69) is 43.0 Å². The Kier molecular flexibility index (Phi) is 5.81. The van der Waals surface area contributed by atoms with Gasteiger partial charge in [-0.3, -0.25) is 0 Å². The van der Waals surface area contributed by atoms with Crippen LogP contribution in [0.15, 0.2) is 28.9 Å². The molecule has 5 nitrogen and oxygen atoms in total. The van der Waals surface area contributed by atoms with Gasteiger partial charge in [-0.2, -0.15) is 4.98 Å². The summed E-state index contributed by atoms with van der Waals surface area (Å²) in [7, 11) is 0. The molecule has 0 amide bonds. The van der Waals surface area contributed by atoms with E-state index in [1.54, 1.807) is 6.26 Å². The molecule has 22 heavy (non-hydrogen) atoms. The normalized spacial score (nSPS) is 11.2. The van der Waals surface area contributed by atoms with Crippen molar-refractivity contribution in [2.75, 3.05) is 11.9 Å². The molecule has 2 heterocycles. The maximum atomic E-state index is 5.75. The Morgan fingerprint density at radius 1 is 1.18 bits per heavy atom. The van der Waals surface area contributed by atoms with Crippen molar-refractivity contribution in [2.24, 2.45) is 11.8 Å². The molecule has 0 unspecified atom stereocenters. The summed E-state index contributed by atoms with van der Waals surface area (Å²) in [5.74, 6) is 4.02. The second-order valence-corrected chi connectivity index (χ2v) is 6.24. The van der Waals surface area contributed by atoms with Gasteiger partial charge in [0, 0.05) is 12.5 Å². The van der Waals surface area contributed by atoms with Crippen LogP contribution in [0.2, 0.25) is 0 Å². The van der Waals surface area contributed by atoms with Crippen LogP contribution in [0.4, 0.5) is 5.82 Å². The highest BCUT2D eigenvalue weighted by Gasteiger charge is 2.09. The zero-order valence-electron chi connectivity index (χ0n) is 13.8. The van der Waals surface area contributed by atoms with Gasteiger partial charge in [0.05, 0.1) is 19.4 Å². The fourth-order valence-electron chi connectivity index (χ4n) is 1.94. The Hall–Kier alpha value is -2.04. The van der Waals surface area contributed by atoms with Crippen LogP contribution in [0.3, 0.4) is 0 Å². The van der Waals surface area contributed by atoms with Gasteiger partial charge in [-0.15, -0.1) is 0 Å². The summed E-state index contributed by atoms with van der Waals surface area (Å²) in [6.45, 7) is 9.78. The lowest BCUT2D eigenvalue weighted by Crippen LogP contribution is -2.10. The van der Waals surface area contributed by atoms with E-state index in [0.717, 1.165) is 23.8 Å². The first-order valence-corrected chi connectivity index (χ1v) is 7.80. The minimum atomic E-state index is 0.461. The molecule has 0 fully saturated rings. The molecule has 2 aromatic rings. The molecular formula is C17H25N3O2. The average Bonchev–Trinajstić information content (AvgIpc) is 2.95. The van der Waals surface area contributed by atoms with Crippen molar-refractivity contribution in [1.82, 2.24) is 9.97 Å².